The molecule has 0 aromatic heterocycles. The number of carbonyl (C=O) groups excluding carboxylic acids is 1. The molecule has 0 bridgehead atoms. The Balaban J connectivity index is 0.00000144. The molecule has 1 N–H and O–H groups in total. The average Bonchev–Trinajstić information content (AvgIpc) is 2.77. The van der Waals surface area contributed by atoms with Gasteiger partial charge in [0.05, 0.1) is 11.5 Å². The van der Waals surface area contributed by atoms with E-state index in [9.17, 15) is 4.79 Å². The van der Waals surface area contributed by atoms with Gasteiger partial charge in [0.1, 0.15) is 0 Å². The zero-order valence-electron chi connectivity index (χ0n) is 10.7. The summed E-state index contributed by atoms with van der Waals surface area (Å²) in [5.74, 6) is 0.326. The summed E-state index contributed by atoms with van der Waals surface area (Å²) < 4.78 is 5.32. The molecule has 0 aromatic carbocycles. The van der Waals surface area contributed by atoms with Gasteiger partial charge in [-0.25, -0.2) is 0 Å². The first-order valence-corrected chi connectivity index (χ1v) is 6.18. The highest BCUT2D eigenvalue weighted by molar-refractivity contribution is 5.85. The largest absolute Gasteiger partial charge is 0.381 e. The van der Waals surface area contributed by atoms with Gasteiger partial charge in [-0.1, -0.05) is 0 Å². The van der Waals surface area contributed by atoms with Crippen molar-refractivity contribution in [3.8, 4) is 0 Å². The summed E-state index contributed by atoms with van der Waals surface area (Å²) in [6.45, 7) is 5.59. The van der Waals surface area contributed by atoms with Crippen molar-refractivity contribution in [2.75, 3.05) is 33.3 Å². The molecule has 0 radical (unpaired) electrons. The Bertz CT molecular complexity index is 259. The van der Waals surface area contributed by atoms with Crippen LogP contribution in [0.5, 0.6) is 0 Å². The third-order valence-corrected chi connectivity index (χ3v) is 3.95. The standard InChI is InChI=1S/C12H22N2O2.ClH/c1-12(5-6-13-9-12)11(15)14-7-3-10(16-2)4-8-14;/h10,13H,3-9H2,1-2H3;1H. The Labute approximate surface area is 109 Å². The molecule has 2 saturated heterocycles. The number of amides is 1. The zero-order chi connectivity index (χ0) is 11.6. The van der Waals surface area contributed by atoms with Gasteiger partial charge < -0.3 is 15.0 Å². The van der Waals surface area contributed by atoms with Crippen LogP contribution in [-0.2, 0) is 9.53 Å². The summed E-state index contributed by atoms with van der Waals surface area (Å²) in [6, 6.07) is 0. The maximum atomic E-state index is 12.4. The first-order chi connectivity index (χ1) is 7.65. The van der Waals surface area contributed by atoms with Crippen LogP contribution < -0.4 is 5.32 Å². The van der Waals surface area contributed by atoms with Gasteiger partial charge >= 0.3 is 0 Å². The molecule has 0 aliphatic carbocycles. The Morgan fingerprint density at radius 3 is 2.53 bits per heavy atom. The third kappa shape index (κ3) is 3.12. The molecule has 1 unspecified atom stereocenters. The van der Waals surface area contributed by atoms with E-state index in [0.29, 0.717) is 12.0 Å². The number of rotatable bonds is 2. The van der Waals surface area contributed by atoms with Gasteiger partial charge in [-0.2, -0.15) is 0 Å². The normalized spacial score (nSPS) is 30.1. The highest BCUT2D eigenvalue weighted by atomic mass is 35.5. The SMILES string of the molecule is COC1CCN(C(=O)C2(C)CCNC2)CC1.Cl. The van der Waals surface area contributed by atoms with Gasteiger partial charge in [-0.05, 0) is 32.7 Å². The predicted octanol–water partition coefficient (Wildman–Crippen LogP) is 1.05. The highest BCUT2D eigenvalue weighted by Crippen LogP contribution is 2.28. The van der Waals surface area contributed by atoms with Crippen molar-refractivity contribution in [3.05, 3.63) is 0 Å². The smallest absolute Gasteiger partial charge is 0.229 e. The average molecular weight is 263 g/mol. The van der Waals surface area contributed by atoms with Gasteiger partial charge in [0.15, 0.2) is 0 Å². The summed E-state index contributed by atoms with van der Waals surface area (Å²) >= 11 is 0. The number of hydrogen-bond donors (Lipinski definition) is 1. The topological polar surface area (TPSA) is 41.6 Å². The van der Waals surface area contributed by atoms with Crippen LogP contribution in [0, 0.1) is 5.41 Å². The molecule has 4 nitrogen and oxygen atoms in total. The van der Waals surface area contributed by atoms with Crippen LogP contribution in [0.2, 0.25) is 0 Å². The maximum absolute atomic E-state index is 12.4. The molecule has 17 heavy (non-hydrogen) atoms. The second kappa shape index (κ2) is 6.03. The molecule has 0 saturated carbocycles. The van der Waals surface area contributed by atoms with Gasteiger partial charge in [-0.15, -0.1) is 12.4 Å². The third-order valence-electron chi connectivity index (χ3n) is 3.95. The van der Waals surface area contributed by atoms with E-state index in [1.165, 1.54) is 0 Å². The number of piperidine rings is 1. The molecular formula is C12H23ClN2O2. The van der Waals surface area contributed by atoms with E-state index in [-0.39, 0.29) is 17.8 Å². The molecule has 0 spiro atoms. The van der Waals surface area contributed by atoms with E-state index in [0.717, 1.165) is 45.4 Å². The lowest BCUT2D eigenvalue weighted by Gasteiger charge is -2.36. The fourth-order valence-electron chi connectivity index (χ4n) is 2.68. The monoisotopic (exact) mass is 262 g/mol. The minimum absolute atomic E-state index is 0. The van der Waals surface area contributed by atoms with Crippen LogP contribution in [0.4, 0.5) is 0 Å². The first-order valence-electron chi connectivity index (χ1n) is 6.18. The molecular weight excluding hydrogens is 240 g/mol. The summed E-state index contributed by atoms with van der Waals surface area (Å²) in [7, 11) is 1.75. The molecule has 2 fully saturated rings. The second-order valence-corrected chi connectivity index (χ2v) is 5.21. The molecule has 2 heterocycles. The minimum atomic E-state index is -0.167. The predicted molar refractivity (Wildman–Crippen MR) is 69.5 cm³/mol. The van der Waals surface area contributed by atoms with Crippen molar-refractivity contribution < 1.29 is 9.53 Å². The van der Waals surface area contributed by atoms with Crippen molar-refractivity contribution >= 4 is 18.3 Å². The maximum Gasteiger partial charge on any atom is 0.229 e. The molecule has 0 aromatic rings. The molecule has 1 atom stereocenters. The number of hydrogen-bond acceptors (Lipinski definition) is 3. The van der Waals surface area contributed by atoms with Gasteiger partial charge in [-0.3, -0.25) is 4.79 Å². The van der Waals surface area contributed by atoms with E-state index in [1.54, 1.807) is 7.11 Å². The summed E-state index contributed by atoms with van der Waals surface area (Å²) in [6.07, 6.45) is 3.27. The van der Waals surface area contributed by atoms with E-state index in [1.807, 2.05) is 4.90 Å². The molecule has 5 heteroatoms. The molecule has 1 amide bonds. The number of methoxy groups -OCH3 is 1. The molecule has 2 rings (SSSR count). The van der Waals surface area contributed by atoms with Crippen LogP contribution in [0.25, 0.3) is 0 Å². The van der Waals surface area contributed by atoms with Gasteiger partial charge in [0.25, 0.3) is 0 Å². The number of likely N-dealkylation sites (tertiary alicyclic amines) is 1. The summed E-state index contributed by atoms with van der Waals surface area (Å²) in [5.41, 5.74) is -0.167. The van der Waals surface area contributed by atoms with Crippen LogP contribution in [0.1, 0.15) is 26.2 Å². The molecule has 100 valence electrons. The van der Waals surface area contributed by atoms with Gasteiger partial charge in [0, 0.05) is 26.7 Å². The fraction of sp³-hybridized carbons (Fsp3) is 0.917. The number of halogens is 1. The Morgan fingerprint density at radius 2 is 2.06 bits per heavy atom. The lowest BCUT2D eigenvalue weighted by Crippen LogP contribution is -2.48. The number of nitrogens with one attached hydrogen (secondary N) is 1. The van der Waals surface area contributed by atoms with Crippen molar-refractivity contribution in [2.45, 2.75) is 32.3 Å². The zero-order valence-corrected chi connectivity index (χ0v) is 11.5. The van der Waals surface area contributed by atoms with E-state index >= 15 is 0 Å². The van der Waals surface area contributed by atoms with E-state index < -0.39 is 0 Å². The Morgan fingerprint density at radius 1 is 1.41 bits per heavy atom. The van der Waals surface area contributed by atoms with Crippen LogP contribution in [0.15, 0.2) is 0 Å². The lowest BCUT2D eigenvalue weighted by molar-refractivity contribution is -0.142. The summed E-state index contributed by atoms with van der Waals surface area (Å²) in [5, 5.41) is 3.28. The van der Waals surface area contributed by atoms with Crippen molar-refractivity contribution in [2.24, 2.45) is 5.41 Å². The number of nitrogens with zero attached hydrogens (tertiary/aromatic N) is 1. The fourth-order valence-corrected chi connectivity index (χ4v) is 2.68. The number of ether oxygens (including phenoxy) is 1. The van der Waals surface area contributed by atoms with Gasteiger partial charge in [0.2, 0.25) is 5.91 Å². The Hall–Kier alpha value is -0.320. The Kier molecular flexibility index (Phi) is 5.22. The molecule has 2 aliphatic rings. The van der Waals surface area contributed by atoms with Crippen molar-refractivity contribution in [1.82, 2.24) is 10.2 Å². The van der Waals surface area contributed by atoms with Crippen molar-refractivity contribution in [1.29, 1.82) is 0 Å². The quantitative estimate of drug-likeness (QED) is 0.809. The minimum Gasteiger partial charge on any atom is -0.381 e. The lowest BCUT2D eigenvalue weighted by atomic mass is 9.87. The van der Waals surface area contributed by atoms with Crippen LogP contribution in [0.3, 0.4) is 0 Å². The van der Waals surface area contributed by atoms with Crippen LogP contribution in [-0.4, -0.2) is 50.2 Å². The first kappa shape index (κ1) is 14.7. The second-order valence-electron chi connectivity index (χ2n) is 5.21. The van der Waals surface area contributed by atoms with Crippen molar-refractivity contribution in [3.63, 3.8) is 0 Å². The number of carbonyl (C=O) groups is 1. The molecule has 2 aliphatic heterocycles. The highest BCUT2D eigenvalue weighted by Gasteiger charge is 2.39. The van der Waals surface area contributed by atoms with Crippen LogP contribution >= 0.6 is 12.4 Å². The van der Waals surface area contributed by atoms with E-state index in [2.05, 4.69) is 12.2 Å². The van der Waals surface area contributed by atoms with E-state index in [4.69, 9.17) is 4.74 Å². The summed E-state index contributed by atoms with van der Waals surface area (Å²) in [4.78, 5) is 14.4.